The molecule has 3 heteroatoms. The molecular weight excluding hydrogens is 188 g/mol. The molecule has 3 nitrogen and oxygen atoms in total. The fourth-order valence-electron chi connectivity index (χ4n) is 1.09. The molecule has 1 aromatic carbocycles. The Balaban J connectivity index is 2.58. The van der Waals surface area contributed by atoms with Gasteiger partial charge in [0.1, 0.15) is 0 Å². The summed E-state index contributed by atoms with van der Waals surface area (Å²) in [6, 6.07) is 7.93. The molecule has 0 saturated carbocycles. The van der Waals surface area contributed by atoms with Gasteiger partial charge >= 0.3 is 0 Å². The minimum absolute atomic E-state index is 0.0314. The lowest BCUT2D eigenvalue weighted by atomic mass is 10.2. The van der Waals surface area contributed by atoms with Crippen LogP contribution in [0.1, 0.15) is 5.56 Å². The Labute approximate surface area is 90.4 Å². The predicted octanol–water partition coefficient (Wildman–Crippen LogP) is 2.01. The summed E-state index contributed by atoms with van der Waals surface area (Å²) in [4.78, 5) is 12.7. The Hall–Kier alpha value is -1.77. The second-order valence-corrected chi connectivity index (χ2v) is 3.53. The molecule has 0 aliphatic carbocycles. The highest BCUT2D eigenvalue weighted by atomic mass is 16.2. The van der Waals surface area contributed by atoms with E-state index in [1.807, 2.05) is 31.2 Å². The maximum atomic E-state index is 11.2. The van der Waals surface area contributed by atoms with Crippen LogP contribution in [0.3, 0.4) is 0 Å². The van der Waals surface area contributed by atoms with Gasteiger partial charge in [0.2, 0.25) is 5.91 Å². The highest BCUT2D eigenvalue weighted by Crippen LogP contribution is 2.12. The molecule has 1 aromatic rings. The van der Waals surface area contributed by atoms with Gasteiger partial charge in [0.15, 0.2) is 0 Å². The van der Waals surface area contributed by atoms with E-state index in [0.29, 0.717) is 0 Å². The fourth-order valence-corrected chi connectivity index (χ4v) is 1.09. The Morgan fingerprint density at radius 1 is 1.33 bits per heavy atom. The van der Waals surface area contributed by atoms with E-state index in [9.17, 15) is 4.79 Å². The molecule has 0 atom stereocenters. The van der Waals surface area contributed by atoms with Gasteiger partial charge in [-0.1, -0.05) is 18.2 Å². The topological polar surface area (TPSA) is 32.3 Å². The maximum Gasteiger partial charge on any atom is 0.247 e. The first-order valence-electron chi connectivity index (χ1n) is 4.81. The third kappa shape index (κ3) is 3.46. The summed E-state index contributed by atoms with van der Waals surface area (Å²) in [6.45, 7) is 2.02. The number of nitrogens with zero attached hydrogens (tertiary/aromatic N) is 1. The van der Waals surface area contributed by atoms with E-state index in [2.05, 4.69) is 5.32 Å². The van der Waals surface area contributed by atoms with Crippen molar-refractivity contribution >= 4 is 11.6 Å². The molecule has 0 aromatic heterocycles. The molecule has 1 amide bonds. The third-order valence-corrected chi connectivity index (χ3v) is 2.05. The van der Waals surface area contributed by atoms with E-state index in [-0.39, 0.29) is 5.91 Å². The van der Waals surface area contributed by atoms with Crippen molar-refractivity contribution in [1.82, 2.24) is 4.90 Å². The van der Waals surface area contributed by atoms with Crippen LogP contribution in [0.4, 0.5) is 5.69 Å². The molecule has 0 aliphatic heterocycles. The highest BCUT2D eigenvalue weighted by Gasteiger charge is 1.96. The van der Waals surface area contributed by atoms with Gasteiger partial charge in [0.25, 0.3) is 0 Å². The minimum atomic E-state index is -0.0314. The van der Waals surface area contributed by atoms with E-state index in [1.54, 1.807) is 20.3 Å². The van der Waals surface area contributed by atoms with Crippen molar-refractivity contribution < 1.29 is 4.79 Å². The Morgan fingerprint density at radius 2 is 2.00 bits per heavy atom. The second kappa shape index (κ2) is 5.20. The smallest absolute Gasteiger partial charge is 0.247 e. The van der Waals surface area contributed by atoms with Crippen molar-refractivity contribution in [1.29, 1.82) is 0 Å². The van der Waals surface area contributed by atoms with Crippen molar-refractivity contribution in [3.05, 3.63) is 42.1 Å². The van der Waals surface area contributed by atoms with Crippen molar-refractivity contribution in [3.8, 4) is 0 Å². The molecule has 15 heavy (non-hydrogen) atoms. The van der Waals surface area contributed by atoms with Gasteiger partial charge in [-0.15, -0.1) is 0 Å². The number of benzene rings is 1. The first-order chi connectivity index (χ1) is 7.11. The van der Waals surface area contributed by atoms with Gasteiger partial charge in [-0.2, -0.15) is 0 Å². The molecular formula is C12H16N2O. The van der Waals surface area contributed by atoms with Crippen LogP contribution in [0.5, 0.6) is 0 Å². The fraction of sp³-hybridized carbons (Fsp3) is 0.250. The van der Waals surface area contributed by atoms with Crippen LogP contribution in [0.25, 0.3) is 0 Å². The van der Waals surface area contributed by atoms with E-state index in [1.165, 1.54) is 11.0 Å². The number of rotatable bonds is 3. The lowest BCUT2D eigenvalue weighted by molar-refractivity contribution is -0.123. The molecule has 0 spiro atoms. The summed E-state index contributed by atoms with van der Waals surface area (Å²) in [7, 11) is 3.45. The normalized spacial score (nSPS) is 10.3. The molecule has 1 N–H and O–H groups in total. The minimum Gasteiger partial charge on any atom is -0.361 e. The summed E-state index contributed by atoms with van der Waals surface area (Å²) < 4.78 is 0. The molecule has 0 fully saturated rings. The van der Waals surface area contributed by atoms with Gasteiger partial charge in [-0.05, 0) is 18.6 Å². The number of anilines is 1. The van der Waals surface area contributed by atoms with Crippen molar-refractivity contribution in [3.63, 3.8) is 0 Å². The number of hydrogen-bond donors (Lipinski definition) is 1. The second-order valence-electron chi connectivity index (χ2n) is 3.53. The first kappa shape index (κ1) is 11.3. The zero-order valence-corrected chi connectivity index (χ0v) is 9.32. The molecule has 1 rings (SSSR count). The van der Waals surface area contributed by atoms with Gasteiger partial charge < -0.3 is 10.2 Å². The van der Waals surface area contributed by atoms with Crippen molar-refractivity contribution in [2.24, 2.45) is 0 Å². The van der Waals surface area contributed by atoms with Crippen LogP contribution < -0.4 is 5.32 Å². The number of likely N-dealkylation sites (N-methyl/N-ethyl adjacent to an activating group) is 1. The number of hydrogen-bond acceptors (Lipinski definition) is 2. The lowest BCUT2D eigenvalue weighted by Crippen LogP contribution is -2.19. The number of nitrogens with one attached hydrogen (secondary N) is 1. The number of carbonyl (C=O) groups excluding carboxylic acids is 1. The predicted molar refractivity (Wildman–Crippen MR) is 62.6 cm³/mol. The van der Waals surface area contributed by atoms with Crippen molar-refractivity contribution in [2.75, 3.05) is 19.4 Å². The molecule has 0 radical (unpaired) electrons. The van der Waals surface area contributed by atoms with Crippen LogP contribution in [0, 0.1) is 6.92 Å². The Morgan fingerprint density at radius 3 is 2.60 bits per heavy atom. The van der Waals surface area contributed by atoms with E-state index in [4.69, 9.17) is 0 Å². The molecule has 80 valence electrons. The van der Waals surface area contributed by atoms with Crippen LogP contribution in [0.2, 0.25) is 0 Å². The SMILES string of the molecule is Cc1ccccc1N/C=C\C(=O)N(C)C. The molecule has 0 unspecified atom stereocenters. The highest BCUT2D eigenvalue weighted by molar-refractivity contribution is 5.87. The van der Waals surface area contributed by atoms with Gasteiger partial charge in [-0.3, -0.25) is 4.79 Å². The van der Waals surface area contributed by atoms with Gasteiger partial charge in [0, 0.05) is 32.1 Å². The number of carbonyl (C=O) groups is 1. The first-order valence-corrected chi connectivity index (χ1v) is 4.81. The number of aryl methyl sites for hydroxylation is 1. The van der Waals surface area contributed by atoms with Crippen LogP contribution in [-0.2, 0) is 4.79 Å². The standard InChI is InChI=1S/C12H16N2O/c1-10-6-4-5-7-11(10)13-9-8-12(15)14(2)3/h4-9,13H,1-3H3/b9-8-. The summed E-state index contributed by atoms with van der Waals surface area (Å²) in [5.41, 5.74) is 2.17. The quantitative estimate of drug-likeness (QED) is 0.764. The van der Waals surface area contributed by atoms with Gasteiger partial charge in [-0.25, -0.2) is 0 Å². The largest absolute Gasteiger partial charge is 0.361 e. The summed E-state index contributed by atoms with van der Waals surface area (Å²) in [5.74, 6) is -0.0314. The van der Waals surface area contributed by atoms with Gasteiger partial charge in [0.05, 0.1) is 0 Å². The molecule has 0 bridgehead atoms. The van der Waals surface area contributed by atoms with Crippen molar-refractivity contribution in [2.45, 2.75) is 6.92 Å². The zero-order valence-electron chi connectivity index (χ0n) is 9.32. The van der Waals surface area contributed by atoms with E-state index in [0.717, 1.165) is 11.3 Å². The van der Waals surface area contributed by atoms with E-state index < -0.39 is 0 Å². The van der Waals surface area contributed by atoms with Crippen LogP contribution in [-0.4, -0.2) is 24.9 Å². The van der Waals surface area contributed by atoms with E-state index >= 15 is 0 Å². The monoisotopic (exact) mass is 204 g/mol. The summed E-state index contributed by atoms with van der Waals surface area (Å²) >= 11 is 0. The maximum absolute atomic E-state index is 11.2. The average Bonchev–Trinajstić information content (AvgIpc) is 2.20. The Bertz CT molecular complexity index is 370. The molecule has 0 saturated heterocycles. The Kier molecular flexibility index (Phi) is 3.92. The lowest BCUT2D eigenvalue weighted by Gasteiger charge is -2.07. The summed E-state index contributed by atoms with van der Waals surface area (Å²) in [6.07, 6.45) is 3.16. The average molecular weight is 204 g/mol. The molecule has 0 aliphatic rings. The molecule has 0 heterocycles. The van der Waals surface area contributed by atoms with Crippen LogP contribution in [0.15, 0.2) is 36.5 Å². The number of amides is 1. The summed E-state index contributed by atoms with van der Waals surface area (Å²) in [5, 5.41) is 3.07. The number of para-hydroxylation sites is 1. The zero-order chi connectivity index (χ0) is 11.3. The third-order valence-electron chi connectivity index (χ3n) is 2.05. The van der Waals surface area contributed by atoms with Crippen LogP contribution >= 0.6 is 0 Å².